The number of carbonyl (C=O) groups is 2. The van der Waals surface area contributed by atoms with E-state index in [4.69, 9.17) is 4.74 Å². The molecule has 1 aliphatic carbocycles. The van der Waals surface area contributed by atoms with E-state index in [1.54, 1.807) is 4.57 Å². The van der Waals surface area contributed by atoms with Crippen LogP contribution in [0.4, 0.5) is 14.5 Å². The summed E-state index contributed by atoms with van der Waals surface area (Å²) < 4.78 is 36.5. The average Bonchev–Trinajstić information content (AvgIpc) is 3.28. The predicted molar refractivity (Wildman–Crippen MR) is 143 cm³/mol. The van der Waals surface area contributed by atoms with Crippen molar-refractivity contribution in [1.82, 2.24) is 9.55 Å². The Morgan fingerprint density at radius 2 is 1.67 bits per heavy atom. The molecule has 2 atom stereocenters. The average molecular weight is 534 g/mol. The molecule has 1 saturated carbocycles. The van der Waals surface area contributed by atoms with Gasteiger partial charge in [0.2, 0.25) is 5.91 Å². The van der Waals surface area contributed by atoms with Crippen LogP contribution in [0.15, 0.2) is 66.7 Å². The van der Waals surface area contributed by atoms with Gasteiger partial charge in [-0.2, -0.15) is 0 Å². The maximum absolute atomic E-state index is 14.6. The van der Waals surface area contributed by atoms with E-state index >= 15 is 0 Å². The fourth-order valence-corrected chi connectivity index (χ4v) is 5.51. The number of hydrogen-bond donors (Lipinski definition) is 2. The number of aromatic nitrogens is 2. The molecule has 1 heterocycles. The van der Waals surface area contributed by atoms with E-state index in [1.807, 2.05) is 30.3 Å². The molecule has 4 aromatic rings. The van der Waals surface area contributed by atoms with E-state index in [9.17, 15) is 23.5 Å². The molecular weight excluding hydrogens is 504 g/mol. The number of halogens is 2. The zero-order valence-electron chi connectivity index (χ0n) is 21.4. The van der Waals surface area contributed by atoms with E-state index in [1.165, 1.54) is 31.4 Å². The third-order valence-electron chi connectivity index (χ3n) is 7.37. The van der Waals surface area contributed by atoms with E-state index in [0.717, 1.165) is 49.8 Å². The summed E-state index contributed by atoms with van der Waals surface area (Å²) >= 11 is 0. The molecule has 0 radical (unpaired) electrons. The summed E-state index contributed by atoms with van der Waals surface area (Å²) in [5, 5.41) is 12.1. The lowest BCUT2D eigenvalue weighted by Crippen LogP contribution is -2.35. The van der Waals surface area contributed by atoms with Crippen molar-refractivity contribution in [1.29, 1.82) is 0 Å². The Kier molecular flexibility index (Phi) is 7.70. The highest BCUT2D eigenvalue weighted by atomic mass is 19.2. The van der Waals surface area contributed by atoms with Gasteiger partial charge < -0.3 is 19.7 Å². The lowest BCUT2D eigenvalue weighted by Gasteiger charge is -2.33. The summed E-state index contributed by atoms with van der Waals surface area (Å²) in [7, 11) is 1.53. The standard InChI is InChI=1S/C30H29F2N3O4/c1-39-27(19-10-6-3-7-11-19)28-34-24-16-22(31)23(32)17-25(24)35(28)26(18-8-4-2-5-9-18)29(36)33-21-14-12-20(13-15-21)30(37)38/h3,6-7,10-18,26-27H,2,4-5,8-9H2,1H3,(H,33,36)(H,37,38)/t26-,27?/m0/s1. The number of anilines is 1. The number of carboxylic acids is 1. The van der Waals surface area contributed by atoms with Crippen molar-refractivity contribution in [3.05, 3.63) is 95.3 Å². The summed E-state index contributed by atoms with van der Waals surface area (Å²) in [6, 6.07) is 16.6. The van der Waals surface area contributed by atoms with Gasteiger partial charge in [0.1, 0.15) is 18.0 Å². The number of rotatable bonds is 8. The first kappa shape index (κ1) is 26.5. The van der Waals surface area contributed by atoms with Crippen LogP contribution in [-0.2, 0) is 9.53 Å². The van der Waals surface area contributed by atoms with Gasteiger partial charge >= 0.3 is 5.97 Å². The Morgan fingerprint density at radius 3 is 2.31 bits per heavy atom. The van der Waals surface area contributed by atoms with Gasteiger partial charge in [0.15, 0.2) is 11.6 Å². The first-order valence-corrected chi connectivity index (χ1v) is 13.0. The van der Waals surface area contributed by atoms with Crippen molar-refractivity contribution in [2.75, 3.05) is 12.4 Å². The zero-order valence-corrected chi connectivity index (χ0v) is 21.4. The highest BCUT2D eigenvalue weighted by Gasteiger charge is 2.36. The molecule has 0 spiro atoms. The number of nitrogens with one attached hydrogen (secondary N) is 1. The predicted octanol–water partition coefficient (Wildman–Crippen LogP) is 6.51. The lowest BCUT2D eigenvalue weighted by molar-refractivity contribution is -0.121. The van der Waals surface area contributed by atoms with Gasteiger partial charge in [-0.05, 0) is 48.6 Å². The minimum atomic E-state index is -1.07. The van der Waals surface area contributed by atoms with Crippen LogP contribution < -0.4 is 5.32 Å². The number of ether oxygens (including phenoxy) is 1. The Morgan fingerprint density at radius 1 is 1.00 bits per heavy atom. The molecule has 0 aliphatic heterocycles. The monoisotopic (exact) mass is 533 g/mol. The van der Waals surface area contributed by atoms with Crippen LogP contribution in [0.3, 0.4) is 0 Å². The molecule has 5 rings (SSSR count). The SMILES string of the molecule is COC(c1ccccc1)c1nc2cc(F)c(F)cc2n1[C@H](C(=O)Nc1ccc(C(=O)O)cc1)C1CCCCC1. The topological polar surface area (TPSA) is 93.5 Å². The molecule has 7 nitrogen and oxygen atoms in total. The second kappa shape index (κ2) is 11.3. The fraction of sp³-hybridized carbons (Fsp3) is 0.300. The van der Waals surface area contributed by atoms with Crippen molar-refractivity contribution in [2.45, 2.75) is 44.2 Å². The summed E-state index contributed by atoms with van der Waals surface area (Å²) in [5.74, 6) is -3.19. The summed E-state index contributed by atoms with van der Waals surface area (Å²) in [6.45, 7) is 0. The van der Waals surface area contributed by atoms with Gasteiger partial charge in [-0.3, -0.25) is 4.79 Å². The van der Waals surface area contributed by atoms with Crippen LogP contribution in [0.5, 0.6) is 0 Å². The Balaban J connectivity index is 1.66. The number of benzene rings is 3. The number of amides is 1. The maximum Gasteiger partial charge on any atom is 0.335 e. The second-order valence-corrected chi connectivity index (χ2v) is 9.84. The van der Waals surface area contributed by atoms with Crippen molar-refractivity contribution in [3.63, 3.8) is 0 Å². The van der Waals surface area contributed by atoms with Crippen molar-refractivity contribution < 1.29 is 28.2 Å². The fourth-order valence-electron chi connectivity index (χ4n) is 5.51. The second-order valence-electron chi connectivity index (χ2n) is 9.84. The zero-order chi connectivity index (χ0) is 27.5. The molecule has 0 bridgehead atoms. The number of methoxy groups -OCH3 is 1. The first-order chi connectivity index (χ1) is 18.9. The molecule has 202 valence electrons. The van der Waals surface area contributed by atoms with Crippen LogP contribution in [0, 0.1) is 17.6 Å². The quantitative estimate of drug-likeness (QED) is 0.269. The third kappa shape index (κ3) is 5.40. The molecule has 1 fully saturated rings. The largest absolute Gasteiger partial charge is 0.478 e. The van der Waals surface area contributed by atoms with Crippen LogP contribution in [0.1, 0.15) is 66.0 Å². The lowest BCUT2D eigenvalue weighted by atomic mass is 9.83. The van der Waals surface area contributed by atoms with Crippen LogP contribution in [0.25, 0.3) is 11.0 Å². The van der Waals surface area contributed by atoms with Gasteiger partial charge in [0.05, 0.1) is 16.6 Å². The molecule has 1 aromatic heterocycles. The van der Waals surface area contributed by atoms with E-state index in [-0.39, 0.29) is 22.9 Å². The minimum absolute atomic E-state index is 0.0883. The minimum Gasteiger partial charge on any atom is -0.478 e. The maximum atomic E-state index is 14.6. The number of aromatic carboxylic acids is 1. The normalized spacial score (nSPS) is 15.7. The Hall–Kier alpha value is -4.11. The molecule has 9 heteroatoms. The number of carboxylic acid groups (broad SMARTS) is 1. The molecule has 3 aromatic carbocycles. The molecule has 2 N–H and O–H groups in total. The van der Waals surface area contributed by atoms with Gasteiger partial charge in [-0.15, -0.1) is 0 Å². The van der Waals surface area contributed by atoms with E-state index in [0.29, 0.717) is 17.0 Å². The van der Waals surface area contributed by atoms with E-state index in [2.05, 4.69) is 10.3 Å². The van der Waals surface area contributed by atoms with E-state index < -0.39 is 29.7 Å². The molecule has 1 aliphatic rings. The number of fused-ring (bicyclic) bond motifs is 1. The first-order valence-electron chi connectivity index (χ1n) is 13.0. The van der Waals surface area contributed by atoms with Crippen molar-refractivity contribution in [2.24, 2.45) is 5.92 Å². The molecule has 1 amide bonds. The third-order valence-corrected chi connectivity index (χ3v) is 7.37. The highest BCUT2D eigenvalue weighted by molar-refractivity contribution is 5.96. The van der Waals surface area contributed by atoms with Gasteiger partial charge in [0.25, 0.3) is 0 Å². The Bertz CT molecular complexity index is 1480. The van der Waals surface area contributed by atoms with Gasteiger partial charge in [-0.25, -0.2) is 18.6 Å². The number of nitrogens with zero attached hydrogens (tertiary/aromatic N) is 2. The van der Waals surface area contributed by atoms with Gasteiger partial charge in [-0.1, -0.05) is 49.6 Å². The van der Waals surface area contributed by atoms with Crippen LogP contribution in [-0.4, -0.2) is 33.6 Å². The van der Waals surface area contributed by atoms with Gasteiger partial charge in [0, 0.05) is 24.9 Å². The van der Waals surface area contributed by atoms with Crippen LogP contribution >= 0.6 is 0 Å². The highest BCUT2D eigenvalue weighted by Crippen LogP contribution is 2.39. The number of carbonyl (C=O) groups excluding carboxylic acids is 1. The smallest absolute Gasteiger partial charge is 0.335 e. The number of imidazole rings is 1. The molecule has 39 heavy (non-hydrogen) atoms. The number of hydrogen-bond acceptors (Lipinski definition) is 4. The Labute approximate surface area is 224 Å². The van der Waals surface area contributed by atoms with Crippen molar-refractivity contribution >= 4 is 28.6 Å². The summed E-state index contributed by atoms with van der Waals surface area (Å²) in [4.78, 5) is 30.0. The summed E-state index contributed by atoms with van der Waals surface area (Å²) in [5.41, 5.74) is 1.84. The molecule has 0 saturated heterocycles. The van der Waals surface area contributed by atoms with Crippen molar-refractivity contribution in [3.8, 4) is 0 Å². The molecular formula is C30H29F2N3O4. The summed E-state index contributed by atoms with van der Waals surface area (Å²) in [6.07, 6.45) is 3.81. The van der Waals surface area contributed by atoms with Crippen LogP contribution in [0.2, 0.25) is 0 Å². The molecule has 1 unspecified atom stereocenters.